The number of nitrogens with zero attached hydrogens (tertiary/aromatic N) is 3. The smallest absolute Gasteiger partial charge is 0.159 e. The van der Waals surface area contributed by atoms with Crippen LogP contribution in [0.2, 0.25) is 5.15 Å². The van der Waals surface area contributed by atoms with Gasteiger partial charge in [-0.2, -0.15) is 0 Å². The zero-order chi connectivity index (χ0) is 14.2. The van der Waals surface area contributed by atoms with E-state index in [1.165, 1.54) is 0 Å². The van der Waals surface area contributed by atoms with Gasteiger partial charge in [0.05, 0.1) is 5.54 Å². The van der Waals surface area contributed by atoms with E-state index in [0.29, 0.717) is 11.0 Å². The van der Waals surface area contributed by atoms with Gasteiger partial charge < -0.3 is 5.32 Å². The molecule has 0 unspecified atom stereocenters. The summed E-state index contributed by atoms with van der Waals surface area (Å²) in [6.45, 7) is 4.13. The summed E-state index contributed by atoms with van der Waals surface area (Å²) in [6, 6.07) is 7.82. The van der Waals surface area contributed by atoms with Crippen LogP contribution in [0.1, 0.15) is 18.9 Å². The van der Waals surface area contributed by atoms with Gasteiger partial charge in [0, 0.05) is 22.3 Å². The van der Waals surface area contributed by atoms with E-state index in [1.54, 1.807) is 17.5 Å². The Morgan fingerprint density at radius 2 is 1.90 bits per heavy atom. The Kier molecular flexibility index (Phi) is 3.31. The number of rotatable bonds is 3. The van der Waals surface area contributed by atoms with Crippen molar-refractivity contribution in [1.29, 1.82) is 0 Å². The van der Waals surface area contributed by atoms with Gasteiger partial charge in [0.25, 0.3) is 0 Å². The Morgan fingerprint density at radius 1 is 1.15 bits per heavy atom. The van der Waals surface area contributed by atoms with Gasteiger partial charge in [-0.15, -0.1) is 21.5 Å². The first-order chi connectivity index (χ1) is 9.58. The molecule has 0 fully saturated rings. The highest BCUT2D eigenvalue weighted by molar-refractivity contribution is 7.09. The number of aromatic nitrogens is 3. The van der Waals surface area contributed by atoms with Crippen LogP contribution in [-0.4, -0.2) is 15.2 Å². The maximum Gasteiger partial charge on any atom is 0.159 e. The predicted molar refractivity (Wildman–Crippen MR) is 83.3 cm³/mol. The van der Waals surface area contributed by atoms with Crippen molar-refractivity contribution < 1.29 is 0 Å². The molecule has 1 aromatic carbocycles. The van der Waals surface area contributed by atoms with Crippen molar-refractivity contribution >= 4 is 39.5 Å². The fourth-order valence-corrected chi connectivity index (χ4v) is 2.97. The molecule has 0 bridgehead atoms. The Hall–Kier alpha value is -1.72. The lowest BCUT2D eigenvalue weighted by Crippen LogP contribution is -2.28. The molecule has 1 N–H and O–H groups in total. The fraction of sp³-hybridized carbons (Fsp3) is 0.214. The summed E-state index contributed by atoms with van der Waals surface area (Å²) in [7, 11) is 0. The molecule has 102 valence electrons. The Bertz CT molecular complexity index is 740. The van der Waals surface area contributed by atoms with E-state index in [2.05, 4.69) is 34.3 Å². The van der Waals surface area contributed by atoms with E-state index < -0.39 is 0 Å². The van der Waals surface area contributed by atoms with E-state index in [9.17, 15) is 0 Å². The molecule has 0 aliphatic rings. The minimum Gasteiger partial charge on any atom is -0.357 e. The molecule has 0 saturated carbocycles. The monoisotopic (exact) mass is 304 g/mol. The Labute approximate surface area is 125 Å². The molecule has 2 heterocycles. The topological polar surface area (TPSA) is 50.7 Å². The molecular weight excluding hydrogens is 292 g/mol. The standard InChI is InChI=1S/C14H13ClN4S/c1-14(2,13-16-7-8-20-13)17-12-10-6-4-3-5-9(10)11(15)18-19-12/h3-8H,1-2H3,(H,17,19). The highest BCUT2D eigenvalue weighted by atomic mass is 35.5. The molecule has 0 aliphatic heterocycles. The summed E-state index contributed by atoms with van der Waals surface area (Å²) in [5.74, 6) is 0.713. The largest absolute Gasteiger partial charge is 0.357 e. The van der Waals surface area contributed by atoms with Gasteiger partial charge in [-0.25, -0.2) is 4.98 Å². The van der Waals surface area contributed by atoms with Crippen molar-refractivity contribution in [2.45, 2.75) is 19.4 Å². The minimum atomic E-state index is -0.320. The number of nitrogens with one attached hydrogen (secondary N) is 1. The Morgan fingerprint density at radius 3 is 2.60 bits per heavy atom. The van der Waals surface area contributed by atoms with Gasteiger partial charge in [0.15, 0.2) is 11.0 Å². The lowest BCUT2D eigenvalue weighted by Gasteiger charge is -2.24. The van der Waals surface area contributed by atoms with Crippen molar-refractivity contribution in [2.24, 2.45) is 0 Å². The third kappa shape index (κ3) is 2.34. The zero-order valence-corrected chi connectivity index (χ0v) is 12.7. The van der Waals surface area contributed by atoms with Crippen molar-refractivity contribution in [2.75, 3.05) is 5.32 Å². The van der Waals surface area contributed by atoms with Gasteiger partial charge in [-0.1, -0.05) is 35.9 Å². The number of benzene rings is 1. The average molecular weight is 305 g/mol. The third-order valence-corrected chi connectivity index (χ3v) is 4.42. The predicted octanol–water partition coefficient (Wildman–Crippen LogP) is 4.09. The molecule has 3 aromatic rings. The van der Waals surface area contributed by atoms with Gasteiger partial charge in [-0.3, -0.25) is 0 Å². The van der Waals surface area contributed by atoms with Crippen LogP contribution < -0.4 is 5.32 Å². The second kappa shape index (κ2) is 5.00. The number of thiazole rings is 1. The summed E-state index contributed by atoms with van der Waals surface area (Å²) in [5, 5.41) is 16.8. The number of hydrogen-bond acceptors (Lipinski definition) is 5. The number of hydrogen-bond donors (Lipinski definition) is 1. The first-order valence-corrected chi connectivity index (χ1v) is 7.43. The molecule has 0 atom stereocenters. The lowest BCUT2D eigenvalue weighted by molar-refractivity contribution is 0.600. The number of fused-ring (bicyclic) bond motifs is 1. The SMILES string of the molecule is CC(C)(Nc1nnc(Cl)c2ccccc12)c1nccs1. The second-order valence-corrected chi connectivity index (χ2v) is 6.22. The van der Waals surface area contributed by atoms with Gasteiger partial charge in [0.2, 0.25) is 0 Å². The molecule has 6 heteroatoms. The molecule has 0 saturated heterocycles. The van der Waals surface area contributed by atoms with Crippen LogP contribution in [0.15, 0.2) is 35.8 Å². The van der Waals surface area contributed by atoms with Crippen LogP contribution in [0.3, 0.4) is 0 Å². The zero-order valence-electron chi connectivity index (χ0n) is 11.1. The third-order valence-electron chi connectivity index (χ3n) is 3.04. The van der Waals surface area contributed by atoms with Crippen LogP contribution in [0.5, 0.6) is 0 Å². The second-order valence-electron chi connectivity index (χ2n) is 4.97. The van der Waals surface area contributed by atoms with E-state index >= 15 is 0 Å². The molecule has 0 radical (unpaired) electrons. The first-order valence-electron chi connectivity index (χ1n) is 6.17. The van der Waals surface area contributed by atoms with Crippen LogP contribution in [-0.2, 0) is 5.54 Å². The van der Waals surface area contributed by atoms with Crippen LogP contribution >= 0.6 is 22.9 Å². The highest BCUT2D eigenvalue weighted by Crippen LogP contribution is 2.31. The normalized spacial score (nSPS) is 11.8. The maximum atomic E-state index is 6.09. The van der Waals surface area contributed by atoms with Crippen molar-refractivity contribution in [3.05, 3.63) is 46.0 Å². The number of anilines is 1. The molecule has 0 amide bonds. The molecule has 2 aromatic heterocycles. The van der Waals surface area contributed by atoms with Gasteiger partial charge in [-0.05, 0) is 13.8 Å². The molecule has 20 heavy (non-hydrogen) atoms. The van der Waals surface area contributed by atoms with Crippen molar-refractivity contribution in [3.63, 3.8) is 0 Å². The summed E-state index contributed by atoms with van der Waals surface area (Å²) in [6.07, 6.45) is 1.80. The van der Waals surface area contributed by atoms with Crippen LogP contribution in [0.4, 0.5) is 5.82 Å². The molecule has 0 spiro atoms. The highest BCUT2D eigenvalue weighted by Gasteiger charge is 2.24. The van der Waals surface area contributed by atoms with E-state index in [-0.39, 0.29) is 5.54 Å². The van der Waals surface area contributed by atoms with Crippen LogP contribution in [0.25, 0.3) is 10.8 Å². The van der Waals surface area contributed by atoms with E-state index in [1.807, 2.05) is 29.6 Å². The van der Waals surface area contributed by atoms with Crippen molar-refractivity contribution in [1.82, 2.24) is 15.2 Å². The lowest BCUT2D eigenvalue weighted by atomic mass is 10.1. The minimum absolute atomic E-state index is 0.320. The quantitative estimate of drug-likeness (QED) is 0.792. The summed E-state index contributed by atoms with van der Waals surface area (Å²) >= 11 is 7.70. The Balaban J connectivity index is 2.06. The molecule has 3 rings (SSSR count). The van der Waals surface area contributed by atoms with Crippen LogP contribution in [0, 0.1) is 0 Å². The average Bonchev–Trinajstić information content (AvgIpc) is 2.97. The summed E-state index contributed by atoms with van der Waals surface area (Å²) in [4.78, 5) is 4.36. The van der Waals surface area contributed by atoms with E-state index in [0.717, 1.165) is 15.8 Å². The van der Waals surface area contributed by atoms with Gasteiger partial charge >= 0.3 is 0 Å². The molecule has 0 aliphatic carbocycles. The molecular formula is C14H13ClN4S. The fourth-order valence-electron chi connectivity index (χ4n) is 2.05. The summed E-state index contributed by atoms with van der Waals surface area (Å²) < 4.78 is 0. The van der Waals surface area contributed by atoms with Gasteiger partial charge in [0.1, 0.15) is 5.01 Å². The van der Waals surface area contributed by atoms with Crippen molar-refractivity contribution in [3.8, 4) is 0 Å². The number of halogens is 1. The first kappa shape index (κ1) is 13.3. The summed E-state index contributed by atoms with van der Waals surface area (Å²) in [5.41, 5.74) is -0.320. The maximum absolute atomic E-state index is 6.09. The van der Waals surface area contributed by atoms with E-state index in [4.69, 9.17) is 11.6 Å². The molecule has 4 nitrogen and oxygen atoms in total.